The third-order valence-corrected chi connectivity index (χ3v) is 3.09. The van der Waals surface area contributed by atoms with Crippen LogP contribution in [0.3, 0.4) is 0 Å². The summed E-state index contributed by atoms with van der Waals surface area (Å²) in [5.41, 5.74) is 2.20. The SMILES string of the molecule is Cc1cc(C(=O)O)ccc1COCCOc1ccccc1. The molecule has 0 atom stereocenters. The Balaban J connectivity index is 1.75. The van der Waals surface area contributed by atoms with Gasteiger partial charge in [-0.25, -0.2) is 4.79 Å². The van der Waals surface area contributed by atoms with Gasteiger partial charge in [-0.2, -0.15) is 0 Å². The molecule has 0 unspecified atom stereocenters. The number of para-hydroxylation sites is 1. The smallest absolute Gasteiger partial charge is 0.335 e. The standard InChI is InChI=1S/C17H18O4/c1-13-11-14(17(18)19)7-8-15(13)12-20-9-10-21-16-5-3-2-4-6-16/h2-8,11H,9-10,12H2,1H3,(H,18,19). The molecule has 4 nitrogen and oxygen atoms in total. The first kappa shape index (κ1) is 15.1. The highest BCUT2D eigenvalue weighted by Crippen LogP contribution is 2.13. The number of hydrogen-bond acceptors (Lipinski definition) is 3. The van der Waals surface area contributed by atoms with E-state index < -0.39 is 5.97 Å². The van der Waals surface area contributed by atoms with E-state index in [-0.39, 0.29) is 0 Å². The lowest BCUT2D eigenvalue weighted by Crippen LogP contribution is -2.07. The van der Waals surface area contributed by atoms with Crippen molar-refractivity contribution < 1.29 is 19.4 Å². The van der Waals surface area contributed by atoms with Crippen molar-refractivity contribution in [1.82, 2.24) is 0 Å². The zero-order valence-corrected chi connectivity index (χ0v) is 11.9. The van der Waals surface area contributed by atoms with Crippen molar-refractivity contribution in [2.75, 3.05) is 13.2 Å². The normalized spacial score (nSPS) is 10.3. The van der Waals surface area contributed by atoms with E-state index in [1.807, 2.05) is 37.3 Å². The minimum atomic E-state index is -0.915. The summed E-state index contributed by atoms with van der Waals surface area (Å²) in [6.45, 7) is 3.29. The van der Waals surface area contributed by atoms with Crippen LogP contribution in [0.15, 0.2) is 48.5 Å². The summed E-state index contributed by atoms with van der Waals surface area (Å²) in [5, 5.41) is 8.91. The zero-order chi connectivity index (χ0) is 15.1. The topological polar surface area (TPSA) is 55.8 Å². The molecule has 21 heavy (non-hydrogen) atoms. The van der Waals surface area contributed by atoms with Crippen LogP contribution in [0.1, 0.15) is 21.5 Å². The Hall–Kier alpha value is -2.33. The number of carbonyl (C=O) groups is 1. The number of aromatic carboxylic acids is 1. The molecule has 0 fully saturated rings. The molecule has 0 amide bonds. The highest BCUT2D eigenvalue weighted by Gasteiger charge is 2.05. The van der Waals surface area contributed by atoms with E-state index in [2.05, 4.69) is 0 Å². The van der Waals surface area contributed by atoms with Gasteiger partial charge < -0.3 is 14.6 Å². The van der Waals surface area contributed by atoms with Crippen LogP contribution in [-0.2, 0) is 11.3 Å². The number of rotatable bonds is 7. The molecule has 1 N–H and O–H groups in total. The molecule has 0 bridgehead atoms. The van der Waals surface area contributed by atoms with Gasteiger partial charge in [0, 0.05) is 0 Å². The Labute approximate surface area is 123 Å². The molecule has 0 saturated heterocycles. The second kappa shape index (κ2) is 7.45. The molecule has 0 heterocycles. The van der Waals surface area contributed by atoms with E-state index in [1.165, 1.54) is 0 Å². The summed E-state index contributed by atoms with van der Waals surface area (Å²) in [7, 11) is 0. The van der Waals surface area contributed by atoms with E-state index in [0.29, 0.717) is 25.4 Å². The largest absolute Gasteiger partial charge is 0.491 e. The van der Waals surface area contributed by atoms with Gasteiger partial charge in [-0.3, -0.25) is 0 Å². The Morgan fingerprint density at radius 3 is 2.52 bits per heavy atom. The average Bonchev–Trinajstić information content (AvgIpc) is 2.49. The first-order valence-corrected chi connectivity index (χ1v) is 6.75. The Bertz CT molecular complexity index is 593. The van der Waals surface area contributed by atoms with Crippen LogP contribution in [0, 0.1) is 6.92 Å². The maximum atomic E-state index is 10.9. The molecular formula is C17H18O4. The van der Waals surface area contributed by atoms with Crippen LogP contribution in [-0.4, -0.2) is 24.3 Å². The molecule has 0 aliphatic carbocycles. The highest BCUT2D eigenvalue weighted by atomic mass is 16.5. The fraction of sp³-hybridized carbons (Fsp3) is 0.235. The number of benzene rings is 2. The molecule has 2 aromatic rings. The molecule has 2 rings (SSSR count). The maximum absolute atomic E-state index is 10.9. The highest BCUT2D eigenvalue weighted by molar-refractivity contribution is 5.87. The maximum Gasteiger partial charge on any atom is 0.335 e. The third-order valence-electron chi connectivity index (χ3n) is 3.09. The van der Waals surface area contributed by atoms with Gasteiger partial charge in [0.05, 0.1) is 18.8 Å². The van der Waals surface area contributed by atoms with Gasteiger partial charge >= 0.3 is 5.97 Å². The first-order valence-electron chi connectivity index (χ1n) is 6.75. The van der Waals surface area contributed by atoms with E-state index >= 15 is 0 Å². The van der Waals surface area contributed by atoms with E-state index in [1.54, 1.807) is 18.2 Å². The van der Waals surface area contributed by atoms with Crippen LogP contribution in [0.25, 0.3) is 0 Å². The van der Waals surface area contributed by atoms with Crippen molar-refractivity contribution in [3.05, 3.63) is 65.2 Å². The Morgan fingerprint density at radius 1 is 1.10 bits per heavy atom. The van der Waals surface area contributed by atoms with Crippen molar-refractivity contribution in [1.29, 1.82) is 0 Å². The predicted octanol–water partition coefficient (Wildman–Crippen LogP) is 3.29. The monoisotopic (exact) mass is 286 g/mol. The summed E-state index contributed by atoms with van der Waals surface area (Å²) < 4.78 is 11.1. The molecule has 0 saturated carbocycles. The molecule has 0 radical (unpaired) electrons. The summed E-state index contributed by atoms with van der Waals surface area (Å²) in [6, 6.07) is 14.6. The fourth-order valence-electron chi connectivity index (χ4n) is 1.91. The summed E-state index contributed by atoms with van der Waals surface area (Å²) in [4.78, 5) is 10.9. The van der Waals surface area contributed by atoms with Crippen molar-refractivity contribution in [2.45, 2.75) is 13.5 Å². The number of carboxylic acids is 1. The van der Waals surface area contributed by atoms with Gasteiger partial charge in [-0.1, -0.05) is 24.3 Å². The number of hydrogen-bond donors (Lipinski definition) is 1. The molecular weight excluding hydrogens is 268 g/mol. The lowest BCUT2D eigenvalue weighted by atomic mass is 10.1. The zero-order valence-electron chi connectivity index (χ0n) is 11.9. The fourth-order valence-corrected chi connectivity index (χ4v) is 1.91. The minimum Gasteiger partial charge on any atom is -0.491 e. The van der Waals surface area contributed by atoms with Gasteiger partial charge in [0.2, 0.25) is 0 Å². The van der Waals surface area contributed by atoms with E-state index in [0.717, 1.165) is 16.9 Å². The number of aryl methyl sites for hydroxylation is 1. The summed E-state index contributed by atoms with van der Waals surface area (Å²) >= 11 is 0. The third kappa shape index (κ3) is 4.61. The van der Waals surface area contributed by atoms with Crippen LogP contribution < -0.4 is 4.74 Å². The second-order valence-electron chi connectivity index (χ2n) is 4.66. The van der Waals surface area contributed by atoms with Gasteiger partial charge in [0.1, 0.15) is 12.4 Å². The van der Waals surface area contributed by atoms with Crippen LogP contribution in [0.4, 0.5) is 0 Å². The van der Waals surface area contributed by atoms with E-state index in [9.17, 15) is 4.79 Å². The molecule has 0 spiro atoms. The van der Waals surface area contributed by atoms with Crippen LogP contribution >= 0.6 is 0 Å². The van der Waals surface area contributed by atoms with Crippen molar-refractivity contribution in [3.8, 4) is 5.75 Å². The molecule has 0 aliphatic rings. The Morgan fingerprint density at radius 2 is 1.86 bits per heavy atom. The van der Waals surface area contributed by atoms with Crippen molar-refractivity contribution in [2.24, 2.45) is 0 Å². The summed E-state index contributed by atoms with van der Waals surface area (Å²) in [6.07, 6.45) is 0. The van der Waals surface area contributed by atoms with Gasteiger partial charge in [0.25, 0.3) is 0 Å². The lowest BCUT2D eigenvalue weighted by molar-refractivity contribution is 0.0696. The van der Waals surface area contributed by atoms with Crippen molar-refractivity contribution >= 4 is 5.97 Å². The molecule has 110 valence electrons. The predicted molar refractivity (Wildman–Crippen MR) is 79.7 cm³/mol. The summed E-state index contributed by atoms with van der Waals surface area (Å²) in [5.74, 6) is -0.0927. The van der Waals surface area contributed by atoms with Crippen molar-refractivity contribution in [3.63, 3.8) is 0 Å². The van der Waals surface area contributed by atoms with Crippen LogP contribution in [0.5, 0.6) is 5.75 Å². The average molecular weight is 286 g/mol. The minimum absolute atomic E-state index is 0.295. The molecule has 0 aromatic heterocycles. The molecule has 2 aromatic carbocycles. The number of carboxylic acid groups (broad SMARTS) is 1. The Kier molecular flexibility index (Phi) is 5.35. The lowest BCUT2D eigenvalue weighted by Gasteiger charge is -2.09. The van der Waals surface area contributed by atoms with E-state index in [4.69, 9.17) is 14.6 Å². The van der Waals surface area contributed by atoms with Gasteiger partial charge in [-0.05, 0) is 42.3 Å². The quantitative estimate of drug-likeness (QED) is 0.794. The van der Waals surface area contributed by atoms with Crippen LogP contribution in [0.2, 0.25) is 0 Å². The van der Waals surface area contributed by atoms with Gasteiger partial charge in [0.15, 0.2) is 0 Å². The second-order valence-corrected chi connectivity index (χ2v) is 4.66. The first-order chi connectivity index (χ1) is 10.2. The molecule has 0 aliphatic heterocycles. The molecule has 4 heteroatoms. The van der Waals surface area contributed by atoms with Gasteiger partial charge in [-0.15, -0.1) is 0 Å². The number of ether oxygens (including phenoxy) is 2.